The molecule has 1 atom stereocenters. The molecule has 0 heterocycles. The summed E-state index contributed by atoms with van der Waals surface area (Å²) in [6.45, 7) is 1.95. The van der Waals surface area contributed by atoms with E-state index in [1.807, 2.05) is 31.2 Å². The highest BCUT2D eigenvalue weighted by Crippen LogP contribution is 2.41. The summed E-state index contributed by atoms with van der Waals surface area (Å²) in [6, 6.07) is 7.42. The summed E-state index contributed by atoms with van der Waals surface area (Å²) in [5.74, 6) is 0.0400. The van der Waals surface area contributed by atoms with Crippen molar-refractivity contribution in [1.29, 1.82) is 0 Å². The molecule has 1 aliphatic rings. The number of halogens is 1. The summed E-state index contributed by atoms with van der Waals surface area (Å²) in [6.07, 6.45) is 4.58. The van der Waals surface area contributed by atoms with Crippen LogP contribution in [0.3, 0.4) is 0 Å². The van der Waals surface area contributed by atoms with E-state index in [0.29, 0.717) is 5.02 Å². The van der Waals surface area contributed by atoms with Gasteiger partial charge in [-0.1, -0.05) is 43.5 Å². The Labute approximate surface area is 125 Å². The molecule has 110 valence electrons. The normalized spacial score (nSPS) is 18.8. The lowest BCUT2D eigenvalue weighted by atomic mass is 9.78. The zero-order chi connectivity index (χ0) is 14.6. The van der Waals surface area contributed by atoms with Gasteiger partial charge in [-0.3, -0.25) is 4.79 Å². The van der Waals surface area contributed by atoms with E-state index in [2.05, 4.69) is 5.32 Å². The van der Waals surface area contributed by atoms with Crippen LogP contribution in [0.25, 0.3) is 0 Å². The van der Waals surface area contributed by atoms with Crippen LogP contribution in [-0.2, 0) is 10.2 Å². The molecule has 1 unspecified atom stereocenters. The largest absolute Gasteiger partial charge is 0.394 e. The van der Waals surface area contributed by atoms with E-state index in [-0.39, 0.29) is 18.6 Å². The molecule has 0 aliphatic heterocycles. The summed E-state index contributed by atoms with van der Waals surface area (Å²) in [5.41, 5.74) is 0.581. The van der Waals surface area contributed by atoms with Crippen LogP contribution in [0.1, 0.15) is 44.6 Å². The van der Waals surface area contributed by atoms with Crippen molar-refractivity contribution in [1.82, 2.24) is 5.32 Å². The second-order valence-corrected chi connectivity index (χ2v) is 5.99. The van der Waals surface area contributed by atoms with Gasteiger partial charge in [0.05, 0.1) is 18.1 Å². The Bertz CT molecular complexity index is 448. The van der Waals surface area contributed by atoms with Gasteiger partial charge in [-0.05, 0) is 37.0 Å². The average molecular weight is 296 g/mol. The van der Waals surface area contributed by atoms with Crippen molar-refractivity contribution < 1.29 is 9.90 Å². The van der Waals surface area contributed by atoms with Crippen LogP contribution in [0.2, 0.25) is 5.02 Å². The van der Waals surface area contributed by atoms with Crippen molar-refractivity contribution in [2.45, 2.75) is 50.5 Å². The second-order valence-electron chi connectivity index (χ2n) is 5.56. The first-order valence-corrected chi connectivity index (χ1v) is 7.68. The highest BCUT2D eigenvalue weighted by Gasteiger charge is 2.43. The van der Waals surface area contributed by atoms with Gasteiger partial charge in [0.2, 0.25) is 5.91 Å². The standard InChI is InChI=1S/C16H22ClNO2/c1-2-14(11-19)18-15(20)16(9-3-4-10-16)12-5-7-13(17)8-6-12/h5-8,14,19H,2-4,9-11H2,1H3,(H,18,20). The van der Waals surface area contributed by atoms with Gasteiger partial charge in [0.1, 0.15) is 0 Å². The third-order valence-electron chi connectivity index (χ3n) is 4.34. The Balaban J connectivity index is 2.25. The van der Waals surface area contributed by atoms with Crippen molar-refractivity contribution in [2.75, 3.05) is 6.61 Å². The van der Waals surface area contributed by atoms with Gasteiger partial charge in [-0.15, -0.1) is 0 Å². The first-order chi connectivity index (χ1) is 9.62. The maximum absolute atomic E-state index is 12.7. The van der Waals surface area contributed by atoms with E-state index >= 15 is 0 Å². The molecule has 1 fully saturated rings. The topological polar surface area (TPSA) is 49.3 Å². The number of hydrogen-bond acceptors (Lipinski definition) is 2. The smallest absolute Gasteiger partial charge is 0.230 e. The van der Waals surface area contributed by atoms with Gasteiger partial charge in [-0.25, -0.2) is 0 Å². The highest BCUT2D eigenvalue weighted by molar-refractivity contribution is 6.30. The lowest BCUT2D eigenvalue weighted by Crippen LogP contribution is -2.48. The fraction of sp³-hybridized carbons (Fsp3) is 0.562. The van der Waals surface area contributed by atoms with E-state index in [1.54, 1.807) is 0 Å². The summed E-state index contributed by atoms with van der Waals surface area (Å²) < 4.78 is 0. The molecule has 0 radical (unpaired) electrons. The predicted molar refractivity (Wildman–Crippen MR) is 80.9 cm³/mol. The summed E-state index contributed by atoms with van der Waals surface area (Å²) >= 11 is 5.94. The number of carbonyl (C=O) groups is 1. The SMILES string of the molecule is CCC(CO)NC(=O)C1(c2ccc(Cl)cc2)CCCC1. The Morgan fingerprint density at radius 1 is 1.35 bits per heavy atom. The molecule has 20 heavy (non-hydrogen) atoms. The third-order valence-corrected chi connectivity index (χ3v) is 4.59. The molecule has 2 N–H and O–H groups in total. The predicted octanol–water partition coefficient (Wildman–Crippen LogP) is 3.04. The van der Waals surface area contributed by atoms with Crippen LogP contribution in [0, 0.1) is 0 Å². The molecule has 4 heteroatoms. The molecule has 0 aromatic heterocycles. The minimum absolute atomic E-state index is 0.0149. The van der Waals surface area contributed by atoms with Crippen LogP contribution in [0.4, 0.5) is 0 Å². The maximum atomic E-state index is 12.7. The van der Waals surface area contributed by atoms with Crippen LogP contribution in [-0.4, -0.2) is 23.7 Å². The molecule has 1 aromatic rings. The quantitative estimate of drug-likeness (QED) is 0.877. The van der Waals surface area contributed by atoms with E-state index < -0.39 is 5.41 Å². The highest BCUT2D eigenvalue weighted by atomic mass is 35.5. The van der Waals surface area contributed by atoms with Gasteiger partial charge < -0.3 is 10.4 Å². The summed E-state index contributed by atoms with van der Waals surface area (Å²) in [7, 11) is 0. The number of rotatable bonds is 5. The summed E-state index contributed by atoms with van der Waals surface area (Å²) in [4.78, 5) is 12.7. The molecular weight excluding hydrogens is 274 g/mol. The Kier molecular flexibility index (Phi) is 5.06. The van der Waals surface area contributed by atoms with Crippen molar-refractivity contribution in [3.63, 3.8) is 0 Å². The number of nitrogens with one attached hydrogen (secondary N) is 1. The Morgan fingerprint density at radius 3 is 2.45 bits per heavy atom. The second kappa shape index (κ2) is 6.59. The van der Waals surface area contributed by atoms with Gasteiger partial charge in [0, 0.05) is 5.02 Å². The van der Waals surface area contributed by atoms with Crippen molar-refractivity contribution in [3.8, 4) is 0 Å². The van der Waals surface area contributed by atoms with Crippen molar-refractivity contribution in [3.05, 3.63) is 34.9 Å². The van der Waals surface area contributed by atoms with Crippen LogP contribution < -0.4 is 5.32 Å². The third kappa shape index (κ3) is 2.99. The molecule has 2 rings (SSSR count). The lowest BCUT2D eigenvalue weighted by molar-refractivity contribution is -0.127. The lowest BCUT2D eigenvalue weighted by Gasteiger charge is -2.30. The molecular formula is C16H22ClNO2. The molecule has 1 saturated carbocycles. The van der Waals surface area contributed by atoms with Crippen LogP contribution >= 0.6 is 11.6 Å². The number of hydrogen-bond donors (Lipinski definition) is 2. The molecule has 1 aliphatic carbocycles. The van der Waals surface area contributed by atoms with Crippen LogP contribution in [0.5, 0.6) is 0 Å². The molecule has 1 aromatic carbocycles. The van der Waals surface area contributed by atoms with Gasteiger partial charge >= 0.3 is 0 Å². The molecule has 0 saturated heterocycles. The number of aliphatic hydroxyl groups excluding tert-OH is 1. The van der Waals surface area contributed by atoms with E-state index in [1.165, 1.54) is 0 Å². The first-order valence-electron chi connectivity index (χ1n) is 7.30. The van der Waals surface area contributed by atoms with Gasteiger partial charge in [0.25, 0.3) is 0 Å². The van der Waals surface area contributed by atoms with Crippen LogP contribution in [0.15, 0.2) is 24.3 Å². The molecule has 0 bridgehead atoms. The minimum Gasteiger partial charge on any atom is -0.394 e. The zero-order valence-electron chi connectivity index (χ0n) is 11.9. The van der Waals surface area contributed by atoms with E-state index in [9.17, 15) is 9.90 Å². The zero-order valence-corrected chi connectivity index (χ0v) is 12.6. The van der Waals surface area contributed by atoms with Crippen molar-refractivity contribution in [2.24, 2.45) is 0 Å². The number of aliphatic hydroxyl groups is 1. The van der Waals surface area contributed by atoms with E-state index in [4.69, 9.17) is 11.6 Å². The molecule has 1 amide bonds. The summed E-state index contributed by atoms with van der Waals surface area (Å²) in [5, 5.41) is 13.0. The molecule has 0 spiro atoms. The number of carbonyl (C=O) groups excluding carboxylic acids is 1. The fourth-order valence-corrected chi connectivity index (χ4v) is 3.12. The average Bonchev–Trinajstić information content (AvgIpc) is 2.96. The van der Waals surface area contributed by atoms with Crippen molar-refractivity contribution >= 4 is 17.5 Å². The maximum Gasteiger partial charge on any atom is 0.230 e. The molecule has 3 nitrogen and oxygen atoms in total. The fourth-order valence-electron chi connectivity index (χ4n) is 2.99. The number of benzene rings is 1. The monoisotopic (exact) mass is 295 g/mol. The number of amides is 1. The van der Waals surface area contributed by atoms with Gasteiger partial charge in [0.15, 0.2) is 0 Å². The first kappa shape index (κ1) is 15.3. The van der Waals surface area contributed by atoms with Gasteiger partial charge in [-0.2, -0.15) is 0 Å². The Morgan fingerprint density at radius 2 is 1.95 bits per heavy atom. The van der Waals surface area contributed by atoms with E-state index in [0.717, 1.165) is 37.7 Å². The minimum atomic E-state index is -0.451. The Hall–Kier alpha value is -1.06.